The van der Waals surface area contributed by atoms with Gasteiger partial charge in [0.05, 0.1) is 28.0 Å². The molecule has 2 rings (SSSR count). The average molecular weight is 264 g/mol. The topological polar surface area (TPSA) is 110 Å². The number of hydrogen-bond donors (Lipinski definition) is 2. The minimum atomic E-state index is -1.37. The zero-order valence-electron chi connectivity index (χ0n) is 10.2. The first-order valence-corrected chi connectivity index (χ1v) is 5.73. The summed E-state index contributed by atoms with van der Waals surface area (Å²) in [6, 6.07) is 4.29. The van der Waals surface area contributed by atoms with E-state index in [9.17, 15) is 19.7 Å². The molecule has 1 aliphatic rings. The first kappa shape index (κ1) is 13.0. The number of carboxylic acids is 1. The number of carboxylic acid groups (broad SMARTS) is 1. The van der Waals surface area contributed by atoms with Crippen LogP contribution in [0.1, 0.15) is 25.3 Å². The molecule has 0 spiro atoms. The van der Waals surface area contributed by atoms with E-state index in [4.69, 9.17) is 5.11 Å². The number of nitrogens with zero attached hydrogens (tertiary/aromatic N) is 1. The molecule has 1 amide bonds. The van der Waals surface area contributed by atoms with E-state index in [0.29, 0.717) is 5.69 Å². The minimum Gasteiger partial charge on any atom is -0.481 e. The summed E-state index contributed by atoms with van der Waals surface area (Å²) in [6.07, 6.45) is -0.282. The van der Waals surface area contributed by atoms with E-state index < -0.39 is 28.6 Å². The molecule has 0 aromatic heterocycles. The Balaban J connectivity index is 2.70. The van der Waals surface area contributed by atoms with E-state index in [2.05, 4.69) is 5.32 Å². The molecule has 0 fully saturated rings. The first-order chi connectivity index (χ1) is 8.92. The van der Waals surface area contributed by atoms with Crippen molar-refractivity contribution >= 4 is 23.3 Å². The molecule has 1 aromatic carbocycles. The van der Waals surface area contributed by atoms with Gasteiger partial charge in [0.2, 0.25) is 5.91 Å². The number of carbonyl (C=O) groups excluding carboxylic acids is 1. The zero-order chi connectivity index (χ0) is 14.2. The van der Waals surface area contributed by atoms with Crippen LogP contribution in [0.3, 0.4) is 0 Å². The highest BCUT2D eigenvalue weighted by Crippen LogP contribution is 2.47. The average Bonchev–Trinajstić information content (AvgIpc) is 2.61. The van der Waals surface area contributed by atoms with Crippen molar-refractivity contribution in [3.05, 3.63) is 33.9 Å². The molecule has 1 unspecified atom stereocenters. The number of carbonyl (C=O) groups is 2. The monoisotopic (exact) mass is 264 g/mol. The minimum absolute atomic E-state index is 0.176. The predicted molar refractivity (Wildman–Crippen MR) is 65.9 cm³/mol. The summed E-state index contributed by atoms with van der Waals surface area (Å²) < 4.78 is 0. The third-order valence-electron chi connectivity index (χ3n) is 3.46. The fourth-order valence-electron chi connectivity index (χ4n) is 2.54. The van der Waals surface area contributed by atoms with Crippen molar-refractivity contribution in [3.63, 3.8) is 0 Å². The number of benzene rings is 1. The molecular weight excluding hydrogens is 252 g/mol. The summed E-state index contributed by atoms with van der Waals surface area (Å²) in [5.74, 6) is -1.66. The molecule has 2 N–H and O–H groups in total. The van der Waals surface area contributed by atoms with E-state index >= 15 is 0 Å². The Labute approximate surface area is 108 Å². The number of aliphatic carboxylic acids is 1. The number of fused-ring (bicyclic) bond motifs is 1. The number of amides is 1. The maximum absolute atomic E-state index is 12.1. The maximum atomic E-state index is 12.1. The van der Waals surface area contributed by atoms with Gasteiger partial charge in [-0.3, -0.25) is 19.7 Å². The third-order valence-corrected chi connectivity index (χ3v) is 3.46. The van der Waals surface area contributed by atoms with Gasteiger partial charge in [0.1, 0.15) is 0 Å². The summed E-state index contributed by atoms with van der Waals surface area (Å²) in [7, 11) is 0. The number of nitro benzene ring substituents is 1. The summed E-state index contributed by atoms with van der Waals surface area (Å²) in [6.45, 7) is 1.65. The van der Waals surface area contributed by atoms with Gasteiger partial charge in [-0.1, -0.05) is 13.0 Å². The molecule has 0 saturated heterocycles. The van der Waals surface area contributed by atoms with Crippen molar-refractivity contribution < 1.29 is 19.6 Å². The van der Waals surface area contributed by atoms with E-state index in [1.54, 1.807) is 13.0 Å². The zero-order valence-corrected chi connectivity index (χ0v) is 10.2. The van der Waals surface area contributed by atoms with Crippen LogP contribution < -0.4 is 5.32 Å². The van der Waals surface area contributed by atoms with Gasteiger partial charge in [-0.25, -0.2) is 0 Å². The molecule has 1 aromatic rings. The second-order valence-corrected chi connectivity index (χ2v) is 4.42. The van der Waals surface area contributed by atoms with Gasteiger partial charge in [0, 0.05) is 6.07 Å². The summed E-state index contributed by atoms with van der Waals surface area (Å²) in [5.41, 5.74) is -1.10. The number of hydrogen-bond acceptors (Lipinski definition) is 4. The Morgan fingerprint density at radius 2 is 2.21 bits per heavy atom. The maximum Gasteiger partial charge on any atom is 0.304 e. The van der Waals surface area contributed by atoms with Gasteiger partial charge in [-0.2, -0.15) is 0 Å². The Bertz CT molecular complexity index is 583. The fraction of sp³-hybridized carbons (Fsp3) is 0.333. The number of anilines is 1. The molecule has 0 aliphatic carbocycles. The molecule has 100 valence electrons. The van der Waals surface area contributed by atoms with Crippen molar-refractivity contribution in [1.29, 1.82) is 0 Å². The van der Waals surface area contributed by atoms with Crippen LogP contribution in [0.2, 0.25) is 0 Å². The molecule has 1 aliphatic heterocycles. The third kappa shape index (κ3) is 1.83. The Hall–Kier alpha value is -2.44. The largest absolute Gasteiger partial charge is 0.481 e. The van der Waals surface area contributed by atoms with Crippen molar-refractivity contribution in [2.24, 2.45) is 0 Å². The highest BCUT2D eigenvalue weighted by Gasteiger charge is 2.50. The quantitative estimate of drug-likeness (QED) is 0.635. The van der Waals surface area contributed by atoms with Crippen LogP contribution in [0.25, 0.3) is 0 Å². The first-order valence-electron chi connectivity index (χ1n) is 5.73. The highest BCUT2D eigenvalue weighted by molar-refractivity contribution is 6.09. The van der Waals surface area contributed by atoms with Crippen molar-refractivity contribution in [2.75, 3.05) is 5.32 Å². The summed E-state index contributed by atoms with van der Waals surface area (Å²) in [5, 5.41) is 22.6. The van der Waals surface area contributed by atoms with Gasteiger partial charge in [0.15, 0.2) is 0 Å². The van der Waals surface area contributed by atoms with Crippen LogP contribution in [0.5, 0.6) is 0 Å². The molecule has 1 heterocycles. The Morgan fingerprint density at radius 1 is 1.53 bits per heavy atom. The summed E-state index contributed by atoms with van der Waals surface area (Å²) in [4.78, 5) is 33.6. The van der Waals surface area contributed by atoms with E-state index in [1.165, 1.54) is 12.1 Å². The molecule has 7 heteroatoms. The number of nitrogens with one attached hydrogen (secondary N) is 1. The second-order valence-electron chi connectivity index (χ2n) is 4.42. The smallest absolute Gasteiger partial charge is 0.304 e. The van der Waals surface area contributed by atoms with Crippen LogP contribution in [0, 0.1) is 10.1 Å². The van der Waals surface area contributed by atoms with Crippen molar-refractivity contribution in [1.82, 2.24) is 0 Å². The molecule has 7 nitrogen and oxygen atoms in total. The molecular formula is C12H12N2O5. The van der Waals surface area contributed by atoms with E-state index in [-0.39, 0.29) is 17.7 Å². The molecule has 0 saturated carbocycles. The Kier molecular flexibility index (Phi) is 2.97. The van der Waals surface area contributed by atoms with E-state index in [0.717, 1.165) is 0 Å². The van der Waals surface area contributed by atoms with Gasteiger partial charge >= 0.3 is 5.97 Å². The normalized spacial score (nSPS) is 20.8. The lowest BCUT2D eigenvalue weighted by molar-refractivity contribution is -0.385. The Morgan fingerprint density at radius 3 is 2.74 bits per heavy atom. The lowest BCUT2D eigenvalue weighted by Gasteiger charge is -2.23. The highest BCUT2D eigenvalue weighted by atomic mass is 16.6. The van der Waals surface area contributed by atoms with Crippen LogP contribution in [-0.2, 0) is 15.0 Å². The SMILES string of the molecule is CCC1(CC(=O)O)C(=O)Nc2cccc([N+](=O)[O-])c21. The second kappa shape index (κ2) is 4.34. The van der Waals surface area contributed by atoms with Crippen LogP contribution in [0.15, 0.2) is 18.2 Å². The van der Waals surface area contributed by atoms with Crippen LogP contribution in [-0.4, -0.2) is 21.9 Å². The summed E-state index contributed by atoms with van der Waals surface area (Å²) >= 11 is 0. The lowest BCUT2D eigenvalue weighted by atomic mass is 9.75. The van der Waals surface area contributed by atoms with Gasteiger partial charge in [0.25, 0.3) is 5.69 Å². The molecule has 1 atom stereocenters. The fourth-order valence-corrected chi connectivity index (χ4v) is 2.54. The number of rotatable bonds is 4. The molecule has 19 heavy (non-hydrogen) atoms. The van der Waals surface area contributed by atoms with Gasteiger partial charge in [-0.05, 0) is 12.5 Å². The van der Waals surface area contributed by atoms with Gasteiger partial charge < -0.3 is 10.4 Å². The van der Waals surface area contributed by atoms with Crippen LogP contribution in [0.4, 0.5) is 11.4 Å². The predicted octanol–water partition coefficient (Wildman–Crippen LogP) is 1.67. The van der Waals surface area contributed by atoms with Gasteiger partial charge in [-0.15, -0.1) is 0 Å². The molecule has 0 bridgehead atoms. The van der Waals surface area contributed by atoms with Crippen molar-refractivity contribution in [2.45, 2.75) is 25.2 Å². The molecule has 0 radical (unpaired) electrons. The van der Waals surface area contributed by atoms with E-state index in [1.807, 2.05) is 0 Å². The van der Waals surface area contributed by atoms with Crippen molar-refractivity contribution in [3.8, 4) is 0 Å². The standard InChI is InChI=1S/C12H12N2O5/c1-2-12(6-9(15)16)10-7(13-11(12)17)4-3-5-8(10)14(18)19/h3-5H,2,6H2,1H3,(H,13,17)(H,15,16). The lowest BCUT2D eigenvalue weighted by Crippen LogP contribution is -2.36. The number of nitro groups is 1. The van der Waals surface area contributed by atoms with Crippen LogP contribution >= 0.6 is 0 Å².